The summed E-state index contributed by atoms with van der Waals surface area (Å²) in [5.74, 6) is 0. The van der Waals surface area contributed by atoms with Gasteiger partial charge in [-0.05, 0) is 341 Å². The van der Waals surface area contributed by atoms with E-state index >= 15 is 0 Å². The van der Waals surface area contributed by atoms with E-state index < -0.39 is 0 Å². The zero-order valence-electron chi connectivity index (χ0n) is 81.8. The molecule has 6 heteroatoms. The molecule has 150 heavy (non-hydrogen) atoms. The Morgan fingerprint density at radius 2 is 0.333 bits per heavy atom. The normalized spacial score (nSPS) is 11.9. The number of hydrogen-bond acceptors (Lipinski definition) is 1. The first-order valence-corrected chi connectivity index (χ1v) is 51.7. The Morgan fingerprint density at radius 1 is 0.107 bits per heavy atom. The van der Waals surface area contributed by atoms with Crippen LogP contribution >= 0.6 is 0 Å². The van der Waals surface area contributed by atoms with Gasteiger partial charge in [0, 0.05) is 104 Å². The average Bonchev–Trinajstić information content (AvgIpc) is 1.53. The van der Waals surface area contributed by atoms with E-state index in [1.54, 1.807) is 0 Å². The first kappa shape index (κ1) is 85.6. The van der Waals surface area contributed by atoms with E-state index in [0.29, 0.717) is 0 Å². The summed E-state index contributed by atoms with van der Waals surface area (Å²) >= 11 is 0. The van der Waals surface area contributed by atoms with Gasteiger partial charge in [-0.3, -0.25) is 0 Å². The van der Waals surface area contributed by atoms with E-state index in [2.05, 4.69) is 586 Å². The molecule has 24 aromatic carbocycles. The second-order valence-corrected chi connectivity index (χ2v) is 39.9. The number of anilines is 3. The minimum absolute atomic E-state index is 1.05. The molecule has 0 aliphatic rings. The second-order valence-electron chi connectivity index (χ2n) is 39.9. The highest BCUT2D eigenvalue weighted by Gasteiger charge is 2.27. The lowest BCUT2D eigenvalue weighted by Gasteiger charge is -2.26. The summed E-state index contributed by atoms with van der Waals surface area (Å²) in [5, 5.41) is 14.7. The summed E-state index contributed by atoms with van der Waals surface area (Å²) in [6, 6.07) is 207. The van der Waals surface area contributed by atoms with E-state index in [1.165, 1.54) is 148 Å². The molecule has 0 radical (unpaired) electrons. The van der Waals surface area contributed by atoms with Gasteiger partial charge in [-0.15, -0.1) is 0 Å². The molecule has 0 saturated carbocycles. The highest BCUT2D eigenvalue weighted by molar-refractivity contribution is 6.25. The van der Waals surface area contributed by atoms with Crippen LogP contribution < -0.4 is 4.90 Å². The van der Waals surface area contributed by atoms with Gasteiger partial charge in [-0.25, -0.2) is 0 Å². The van der Waals surface area contributed by atoms with Gasteiger partial charge in [-0.1, -0.05) is 340 Å². The maximum Gasteiger partial charge on any atom is 0.0622 e. The molecule has 0 spiro atoms. The highest BCUT2D eigenvalue weighted by Crippen LogP contribution is 2.50. The molecule has 0 aliphatic heterocycles. The van der Waals surface area contributed by atoms with Gasteiger partial charge in [0.15, 0.2) is 0 Å². The Bertz CT molecular complexity index is 10500. The van der Waals surface area contributed by atoms with Crippen LogP contribution in [0.1, 0.15) is 0 Å². The van der Waals surface area contributed by atoms with Crippen molar-refractivity contribution in [3.8, 4) is 145 Å². The molecule has 0 aliphatic carbocycles. The predicted molar refractivity (Wildman–Crippen MR) is 633 cm³/mol. The smallest absolute Gasteiger partial charge is 0.0622 e. The molecule has 0 saturated heterocycles. The third-order valence-electron chi connectivity index (χ3n) is 31.3. The minimum atomic E-state index is 1.05. The summed E-state index contributed by atoms with van der Waals surface area (Å²) in [4.78, 5) is 2.38. The lowest BCUT2D eigenvalue weighted by molar-refractivity contribution is 1.17. The monoisotopic (exact) mass is 1900 g/mol. The summed E-state index contributed by atoms with van der Waals surface area (Å²) in [6.07, 6.45) is 0. The molecule has 0 bridgehead atoms. The minimum Gasteiger partial charge on any atom is -0.310 e. The van der Waals surface area contributed by atoms with E-state index in [-0.39, 0.29) is 0 Å². The zero-order chi connectivity index (χ0) is 98.5. The molecule has 6 nitrogen and oxygen atoms in total. The van der Waals surface area contributed by atoms with Gasteiger partial charge in [0.05, 0.1) is 60.7 Å². The lowest BCUT2D eigenvalue weighted by atomic mass is 9.92. The third-order valence-corrected chi connectivity index (χ3v) is 31.3. The first-order valence-electron chi connectivity index (χ1n) is 51.7. The van der Waals surface area contributed by atoms with Crippen molar-refractivity contribution in [1.29, 1.82) is 0 Å². The number of hydrogen-bond donors (Lipinski definition) is 0. The summed E-state index contributed by atoms with van der Waals surface area (Å²) < 4.78 is 12.3. The van der Waals surface area contributed by atoms with Crippen LogP contribution in [-0.4, -0.2) is 22.7 Å². The van der Waals surface area contributed by atoms with Crippen molar-refractivity contribution in [1.82, 2.24) is 22.7 Å². The fraction of sp³-hybridized carbons (Fsp3) is 0. The van der Waals surface area contributed by atoms with Crippen LogP contribution in [0, 0.1) is 0 Å². The SMILES string of the molecule is c1ccc(-c2cc(-c3ccccc3)cc(-c3cccc(-n4c5ccc(-c6ccccc6)cc5c5cc(-c6ccc7c(c6)c6ccccc6n7-c6ccc(N(c7ccccc7)c7cccc(-c8ccc(-c9cc(-c%10ccccc%10)cc(-c%10cccc(-n%11c%12ccc(-c%13ccccc%13)cc%12c%12cc(-c%13ccc%14c(c%13)c%13ccccc%13n%14-c%13cc%14c%15ccccc%15n%15c%16ccccc%16c(c%13)c%14%15)ccc%12%11)c%10)c9)cc8)c7)cc6)ccc54)c3)c2)cc1. The molecule has 6 aromatic heterocycles. The molecule has 30 rings (SSSR count). The topological polar surface area (TPSA) is 27.4 Å². The van der Waals surface area contributed by atoms with Gasteiger partial charge in [-0.2, -0.15) is 0 Å². The molecular weight excluding hydrogens is 1810 g/mol. The summed E-state index contributed by atoms with van der Waals surface area (Å²) in [6.45, 7) is 0. The number of benzene rings is 24. The van der Waals surface area contributed by atoms with Crippen molar-refractivity contribution in [3.05, 3.63) is 558 Å². The fourth-order valence-electron chi connectivity index (χ4n) is 24.3. The van der Waals surface area contributed by atoms with Crippen LogP contribution in [0.15, 0.2) is 558 Å². The van der Waals surface area contributed by atoms with Crippen molar-refractivity contribution in [2.75, 3.05) is 4.90 Å². The molecule has 0 atom stereocenters. The van der Waals surface area contributed by atoms with Gasteiger partial charge in [0.2, 0.25) is 0 Å². The largest absolute Gasteiger partial charge is 0.310 e. The quantitative estimate of drug-likeness (QED) is 0.0841. The van der Waals surface area contributed by atoms with E-state index in [0.717, 1.165) is 140 Å². The Balaban J connectivity index is 0.465. The van der Waals surface area contributed by atoms with Gasteiger partial charge >= 0.3 is 0 Å². The average molecular weight is 1910 g/mol. The molecule has 0 N–H and O–H groups in total. The van der Waals surface area contributed by atoms with Crippen LogP contribution in [0.25, 0.3) is 270 Å². The molecule has 698 valence electrons. The fourth-order valence-corrected chi connectivity index (χ4v) is 24.3. The molecule has 0 amide bonds. The van der Waals surface area contributed by atoms with Crippen molar-refractivity contribution < 1.29 is 0 Å². The molecule has 6 heterocycles. The summed E-state index contributed by atoms with van der Waals surface area (Å²) in [5.41, 5.74) is 46.1. The van der Waals surface area contributed by atoms with Crippen molar-refractivity contribution in [3.63, 3.8) is 0 Å². The molecular formula is C144H92N6. The summed E-state index contributed by atoms with van der Waals surface area (Å²) in [7, 11) is 0. The maximum atomic E-state index is 2.49. The van der Waals surface area contributed by atoms with Gasteiger partial charge < -0.3 is 27.6 Å². The Morgan fingerprint density at radius 3 is 0.700 bits per heavy atom. The van der Waals surface area contributed by atoms with Crippen LogP contribution in [0.2, 0.25) is 0 Å². The maximum absolute atomic E-state index is 2.49. The second kappa shape index (κ2) is 35.0. The van der Waals surface area contributed by atoms with Crippen LogP contribution in [0.4, 0.5) is 17.1 Å². The Kier molecular flexibility index (Phi) is 20.0. The van der Waals surface area contributed by atoms with Crippen molar-refractivity contribution in [2.24, 2.45) is 0 Å². The van der Waals surface area contributed by atoms with Gasteiger partial charge in [0.1, 0.15) is 0 Å². The Hall–Kier alpha value is -19.9. The van der Waals surface area contributed by atoms with E-state index in [1.807, 2.05) is 0 Å². The number of para-hydroxylation sites is 5. The van der Waals surface area contributed by atoms with Gasteiger partial charge in [0.25, 0.3) is 0 Å². The van der Waals surface area contributed by atoms with Crippen molar-refractivity contribution >= 4 is 142 Å². The standard InChI is InChI=1S/C144H92N6/c1-7-30-93(31-8-1)103-60-70-140-128(85-103)130-89-107(64-74-142(130)147(140)119-46-28-41-101(83-119)113-78-109(95-34-11-3-12-35-95)76-110(79-113)96-36-13-4-14-37-96)105-62-72-138-126(87-105)122-48-19-23-52-134(122)146(138)117-68-66-116(67-69-117)145(115-43-17-6-18-44-115)118-45-27-40-100(82-118)98-56-58-99(59-57-98)112-77-111(97-38-15-5-16-39-97)80-114(81-112)102-42-29-47-120(84-102)148-141-71-61-104(94-32-9-2-10-33-94)86-129(141)131-90-108(65-75-143(131)148)106-63-73-139-127(88-106)123-49-20-24-53-135(123)149(139)121-91-132-124-50-21-25-54-136(124)150-137-55-26-22-51-125(137)133(92-121)144(132)150/h1-92H. The number of fused-ring (bicyclic) bond motifs is 18. The zero-order valence-corrected chi connectivity index (χ0v) is 81.8. The number of nitrogens with zero attached hydrogens (tertiary/aromatic N) is 6. The molecule has 0 fully saturated rings. The first-order chi connectivity index (χ1) is 74.3. The predicted octanol–water partition coefficient (Wildman–Crippen LogP) is 39.0. The third kappa shape index (κ3) is 14.3. The van der Waals surface area contributed by atoms with Crippen LogP contribution in [0.3, 0.4) is 0 Å². The number of rotatable bonds is 18. The lowest BCUT2D eigenvalue weighted by Crippen LogP contribution is -2.10. The number of aromatic nitrogens is 5. The van der Waals surface area contributed by atoms with E-state index in [4.69, 9.17) is 0 Å². The Labute approximate surface area is 866 Å². The van der Waals surface area contributed by atoms with Crippen LogP contribution in [-0.2, 0) is 0 Å². The van der Waals surface area contributed by atoms with E-state index in [9.17, 15) is 0 Å². The molecule has 0 unspecified atom stereocenters. The van der Waals surface area contributed by atoms with Crippen LogP contribution in [0.5, 0.6) is 0 Å². The molecule has 30 aromatic rings. The van der Waals surface area contributed by atoms with Crippen molar-refractivity contribution in [2.45, 2.75) is 0 Å². The highest BCUT2D eigenvalue weighted by atomic mass is 15.1.